The number of benzene rings is 2. The zero-order valence-electron chi connectivity index (χ0n) is 16.1. The molecule has 4 nitrogen and oxygen atoms in total. The van der Waals surface area contributed by atoms with Gasteiger partial charge in [0.05, 0.1) is 11.5 Å². The lowest BCUT2D eigenvalue weighted by atomic mass is 9.85. The van der Waals surface area contributed by atoms with E-state index in [1.807, 2.05) is 0 Å². The summed E-state index contributed by atoms with van der Waals surface area (Å²) in [4.78, 5) is 24.5. The van der Waals surface area contributed by atoms with Crippen LogP contribution in [0.15, 0.2) is 42.5 Å². The Bertz CT molecular complexity index is 937. The van der Waals surface area contributed by atoms with Crippen molar-refractivity contribution in [2.45, 2.75) is 50.2 Å². The van der Waals surface area contributed by atoms with Crippen LogP contribution in [-0.4, -0.2) is 17.9 Å². The van der Waals surface area contributed by atoms with Gasteiger partial charge in [0.25, 0.3) is 0 Å². The summed E-state index contributed by atoms with van der Waals surface area (Å²) in [5.74, 6) is -4.04. The first kappa shape index (κ1) is 21.8. The van der Waals surface area contributed by atoms with E-state index >= 15 is 0 Å². The molecule has 0 aromatic heterocycles. The normalized spacial score (nSPS) is 16.1. The molecular weight excluding hydrogens is 400 g/mol. The molecule has 1 aliphatic carbocycles. The number of halogens is 4. The van der Waals surface area contributed by atoms with Gasteiger partial charge in [-0.3, -0.25) is 9.59 Å². The van der Waals surface area contributed by atoms with Crippen LogP contribution in [0.3, 0.4) is 0 Å². The number of nitrogens with two attached hydrogens (primary N) is 1. The van der Waals surface area contributed by atoms with Crippen LogP contribution in [-0.2, 0) is 11.0 Å². The van der Waals surface area contributed by atoms with Crippen LogP contribution in [0.1, 0.15) is 65.1 Å². The Morgan fingerprint density at radius 2 is 1.67 bits per heavy atom. The van der Waals surface area contributed by atoms with Gasteiger partial charge in [0.2, 0.25) is 11.8 Å². The van der Waals surface area contributed by atoms with Crippen molar-refractivity contribution in [2.24, 2.45) is 5.73 Å². The molecule has 0 aliphatic heterocycles. The van der Waals surface area contributed by atoms with Crippen molar-refractivity contribution < 1.29 is 27.2 Å². The summed E-state index contributed by atoms with van der Waals surface area (Å²) in [5.41, 5.74) is 3.01. The van der Waals surface area contributed by atoms with Gasteiger partial charge in [0.1, 0.15) is 5.82 Å². The Labute approximate surface area is 171 Å². The van der Waals surface area contributed by atoms with Gasteiger partial charge in [0, 0.05) is 17.2 Å². The Hall–Kier alpha value is -2.90. The topological polar surface area (TPSA) is 72.2 Å². The van der Waals surface area contributed by atoms with Gasteiger partial charge in [0.15, 0.2) is 0 Å². The second kappa shape index (κ2) is 8.85. The highest BCUT2D eigenvalue weighted by Gasteiger charge is 2.39. The molecule has 0 spiro atoms. The lowest BCUT2D eigenvalue weighted by Crippen LogP contribution is -2.40. The summed E-state index contributed by atoms with van der Waals surface area (Å²) in [5, 5.41) is 2.79. The van der Waals surface area contributed by atoms with Gasteiger partial charge in [-0.05, 0) is 36.6 Å². The van der Waals surface area contributed by atoms with Gasteiger partial charge in [-0.2, -0.15) is 13.2 Å². The smallest absolute Gasteiger partial charge is 0.366 e. The van der Waals surface area contributed by atoms with Gasteiger partial charge in [-0.1, -0.05) is 43.5 Å². The maximum atomic E-state index is 14.6. The number of hydrogen-bond donors (Lipinski definition) is 2. The highest BCUT2D eigenvalue weighted by atomic mass is 19.4. The Morgan fingerprint density at radius 3 is 2.27 bits per heavy atom. The highest BCUT2D eigenvalue weighted by molar-refractivity contribution is 5.94. The minimum absolute atomic E-state index is 0.164. The van der Waals surface area contributed by atoms with Crippen LogP contribution >= 0.6 is 0 Å². The van der Waals surface area contributed by atoms with E-state index in [9.17, 15) is 27.2 Å². The molecule has 3 N–H and O–H groups in total. The molecule has 3 rings (SSSR count). The molecular formula is C22H22F4N2O2. The van der Waals surface area contributed by atoms with Crippen molar-refractivity contribution in [3.8, 4) is 0 Å². The molecule has 2 aromatic carbocycles. The van der Waals surface area contributed by atoms with Crippen LogP contribution in [0.25, 0.3) is 0 Å². The summed E-state index contributed by atoms with van der Waals surface area (Å²) in [7, 11) is 0. The molecule has 0 radical (unpaired) electrons. The zero-order valence-corrected chi connectivity index (χ0v) is 16.1. The number of hydrogen-bond acceptors (Lipinski definition) is 2. The molecule has 0 bridgehead atoms. The van der Waals surface area contributed by atoms with Crippen molar-refractivity contribution in [1.29, 1.82) is 0 Å². The van der Waals surface area contributed by atoms with E-state index in [0.29, 0.717) is 6.07 Å². The van der Waals surface area contributed by atoms with Crippen molar-refractivity contribution in [1.82, 2.24) is 5.32 Å². The summed E-state index contributed by atoms with van der Waals surface area (Å²) >= 11 is 0. The molecule has 2 aromatic rings. The fraction of sp³-hybridized carbons (Fsp3) is 0.364. The molecule has 1 atom stereocenters. The van der Waals surface area contributed by atoms with E-state index in [1.54, 1.807) is 0 Å². The molecule has 1 unspecified atom stereocenters. The quantitative estimate of drug-likeness (QED) is 0.696. The maximum absolute atomic E-state index is 14.6. The van der Waals surface area contributed by atoms with Crippen molar-refractivity contribution in [2.75, 3.05) is 0 Å². The van der Waals surface area contributed by atoms with Crippen molar-refractivity contribution in [3.05, 3.63) is 70.5 Å². The highest BCUT2D eigenvalue weighted by Crippen LogP contribution is 2.39. The fourth-order valence-corrected chi connectivity index (χ4v) is 3.90. The van der Waals surface area contributed by atoms with Gasteiger partial charge < -0.3 is 11.1 Å². The molecule has 8 heteroatoms. The largest absolute Gasteiger partial charge is 0.416 e. The standard InChI is InChI=1S/C22H22F4N2O2/c23-18-9-5-4-8-16(18)19(21(30)28-14-6-2-1-3-7-14)15-11-10-13(20(27)29)12-17(15)22(24,25)26/h4-5,8-12,14,19H,1-3,6-7H2,(H2,27,29)(H,28,30). The molecule has 0 heterocycles. The predicted molar refractivity (Wildman–Crippen MR) is 103 cm³/mol. The first-order chi connectivity index (χ1) is 14.2. The summed E-state index contributed by atoms with van der Waals surface area (Å²) < 4.78 is 56.0. The minimum Gasteiger partial charge on any atom is -0.366 e. The Kier molecular flexibility index (Phi) is 6.43. The number of carbonyl (C=O) groups is 2. The third-order valence-electron chi connectivity index (χ3n) is 5.38. The number of nitrogens with one attached hydrogen (secondary N) is 1. The van der Waals surface area contributed by atoms with E-state index in [-0.39, 0.29) is 17.2 Å². The summed E-state index contributed by atoms with van der Waals surface area (Å²) in [6.45, 7) is 0. The molecule has 30 heavy (non-hydrogen) atoms. The molecule has 0 saturated heterocycles. The minimum atomic E-state index is -4.87. The number of primary amides is 1. The average Bonchev–Trinajstić information content (AvgIpc) is 2.69. The van der Waals surface area contributed by atoms with E-state index in [0.717, 1.165) is 50.3 Å². The van der Waals surface area contributed by atoms with Crippen LogP contribution in [0.5, 0.6) is 0 Å². The van der Waals surface area contributed by atoms with Crippen molar-refractivity contribution in [3.63, 3.8) is 0 Å². The third-order valence-corrected chi connectivity index (χ3v) is 5.38. The molecule has 1 fully saturated rings. The van der Waals surface area contributed by atoms with Crippen LogP contribution in [0, 0.1) is 5.82 Å². The first-order valence-electron chi connectivity index (χ1n) is 9.74. The SMILES string of the molecule is NC(=O)c1ccc(C(C(=O)NC2CCCCC2)c2ccccc2F)c(C(F)(F)F)c1. The average molecular weight is 422 g/mol. The van der Waals surface area contributed by atoms with Gasteiger partial charge in [-0.25, -0.2) is 4.39 Å². The molecule has 2 amide bonds. The second-order valence-corrected chi connectivity index (χ2v) is 7.46. The van der Waals surface area contributed by atoms with Crippen molar-refractivity contribution >= 4 is 11.8 Å². The predicted octanol–water partition coefficient (Wildman–Crippen LogP) is 4.52. The van der Waals surface area contributed by atoms with Gasteiger partial charge in [-0.15, -0.1) is 0 Å². The Balaban J connectivity index is 2.11. The Morgan fingerprint density at radius 1 is 1.00 bits per heavy atom. The molecule has 1 aliphatic rings. The number of carbonyl (C=O) groups excluding carboxylic acids is 2. The van der Waals surface area contributed by atoms with E-state index in [2.05, 4.69) is 5.32 Å². The number of rotatable bonds is 5. The van der Waals surface area contributed by atoms with Crippen LogP contribution in [0.4, 0.5) is 17.6 Å². The number of alkyl halides is 3. The first-order valence-corrected chi connectivity index (χ1v) is 9.74. The molecule has 160 valence electrons. The van der Waals surface area contributed by atoms with Crippen LogP contribution in [0.2, 0.25) is 0 Å². The van der Waals surface area contributed by atoms with Crippen LogP contribution < -0.4 is 11.1 Å². The lowest BCUT2D eigenvalue weighted by Gasteiger charge is -2.27. The third kappa shape index (κ3) is 4.80. The van der Waals surface area contributed by atoms with E-state index < -0.39 is 40.9 Å². The summed E-state index contributed by atoms with van der Waals surface area (Å²) in [6, 6.07) is 7.85. The zero-order chi connectivity index (χ0) is 21.9. The monoisotopic (exact) mass is 422 g/mol. The fourth-order valence-electron chi connectivity index (χ4n) is 3.90. The number of amides is 2. The van der Waals surface area contributed by atoms with Gasteiger partial charge >= 0.3 is 6.18 Å². The lowest BCUT2D eigenvalue weighted by molar-refractivity contribution is -0.138. The second-order valence-electron chi connectivity index (χ2n) is 7.46. The van der Waals surface area contributed by atoms with E-state index in [4.69, 9.17) is 5.73 Å². The van der Waals surface area contributed by atoms with E-state index in [1.165, 1.54) is 18.2 Å². The molecule has 1 saturated carbocycles. The summed E-state index contributed by atoms with van der Waals surface area (Å²) in [6.07, 6.45) is -0.552. The maximum Gasteiger partial charge on any atom is 0.416 e.